The van der Waals surface area contributed by atoms with Crippen LogP contribution in [0.25, 0.3) is 0 Å². The van der Waals surface area contributed by atoms with E-state index in [-0.39, 0.29) is 23.6 Å². The van der Waals surface area contributed by atoms with Crippen molar-refractivity contribution in [2.24, 2.45) is 5.73 Å². The van der Waals surface area contributed by atoms with E-state index in [1.807, 2.05) is 0 Å². The van der Waals surface area contributed by atoms with Crippen molar-refractivity contribution < 1.29 is 19.4 Å². The first-order chi connectivity index (χ1) is 9.63. The van der Waals surface area contributed by atoms with Gasteiger partial charge in [0, 0.05) is 11.1 Å². The Morgan fingerprint density at radius 3 is 2.15 bits per heavy atom. The second-order valence-corrected chi connectivity index (χ2v) is 4.02. The molecule has 20 heavy (non-hydrogen) atoms. The van der Waals surface area contributed by atoms with Gasteiger partial charge in [-0.15, -0.1) is 0 Å². The molecule has 2 rings (SSSR count). The number of hydrogen-bond donors (Lipinski definition) is 2. The Labute approximate surface area is 115 Å². The highest BCUT2D eigenvalue weighted by Crippen LogP contribution is 2.17. The number of carbonyl (C=O) groups excluding carboxylic acids is 1. The molecule has 0 saturated carbocycles. The van der Waals surface area contributed by atoms with Crippen LogP contribution in [0.5, 0.6) is 5.75 Å². The van der Waals surface area contributed by atoms with E-state index in [4.69, 9.17) is 15.6 Å². The molecular formula is C15H13NO4. The molecule has 0 spiro atoms. The van der Waals surface area contributed by atoms with Gasteiger partial charge in [0.1, 0.15) is 12.5 Å². The molecule has 0 fully saturated rings. The van der Waals surface area contributed by atoms with Crippen LogP contribution in [0.1, 0.15) is 26.3 Å². The predicted molar refractivity (Wildman–Crippen MR) is 73.0 cm³/mol. The highest BCUT2D eigenvalue weighted by atomic mass is 16.5. The Hall–Kier alpha value is -2.66. The number of hydrogen-bond acceptors (Lipinski definition) is 4. The molecule has 0 aliphatic rings. The summed E-state index contributed by atoms with van der Waals surface area (Å²) in [6.07, 6.45) is 0. The summed E-state index contributed by atoms with van der Waals surface area (Å²) in [7, 11) is 0. The maximum atomic E-state index is 12.3. The van der Waals surface area contributed by atoms with Crippen LogP contribution in [-0.4, -0.2) is 23.6 Å². The van der Waals surface area contributed by atoms with Crippen LogP contribution >= 0.6 is 0 Å². The van der Waals surface area contributed by atoms with Gasteiger partial charge in [0.25, 0.3) is 0 Å². The Balaban J connectivity index is 2.34. The average Bonchev–Trinajstić information content (AvgIpc) is 2.47. The van der Waals surface area contributed by atoms with Crippen LogP contribution < -0.4 is 10.5 Å². The molecule has 0 aliphatic heterocycles. The van der Waals surface area contributed by atoms with Gasteiger partial charge < -0.3 is 9.84 Å². The van der Waals surface area contributed by atoms with Gasteiger partial charge in [0.05, 0.1) is 5.56 Å². The highest BCUT2D eigenvalue weighted by Gasteiger charge is 2.17. The van der Waals surface area contributed by atoms with Gasteiger partial charge in [-0.25, -0.2) is 4.79 Å². The van der Waals surface area contributed by atoms with Crippen LogP contribution in [-0.2, 0) is 0 Å². The normalized spacial score (nSPS) is 10.1. The first-order valence-corrected chi connectivity index (χ1v) is 5.93. The molecule has 0 atom stereocenters. The fourth-order valence-corrected chi connectivity index (χ4v) is 1.82. The van der Waals surface area contributed by atoms with Crippen molar-refractivity contribution in [2.75, 3.05) is 6.73 Å². The number of aromatic carboxylic acids is 1. The quantitative estimate of drug-likeness (QED) is 0.640. The molecule has 0 heterocycles. The second kappa shape index (κ2) is 5.99. The SMILES string of the molecule is NCOc1ccc(C(=O)c2ccccc2C(=O)O)cc1. The summed E-state index contributed by atoms with van der Waals surface area (Å²) in [4.78, 5) is 23.4. The summed E-state index contributed by atoms with van der Waals surface area (Å²) in [5.41, 5.74) is 5.79. The molecular weight excluding hydrogens is 258 g/mol. The summed E-state index contributed by atoms with van der Waals surface area (Å²) < 4.78 is 5.08. The highest BCUT2D eigenvalue weighted by molar-refractivity contribution is 6.14. The molecule has 0 unspecified atom stereocenters. The minimum absolute atomic E-state index is 0.0141. The lowest BCUT2D eigenvalue weighted by Gasteiger charge is -2.06. The van der Waals surface area contributed by atoms with Gasteiger partial charge in [-0.1, -0.05) is 18.2 Å². The van der Waals surface area contributed by atoms with E-state index in [1.165, 1.54) is 12.1 Å². The number of rotatable bonds is 5. The molecule has 0 aliphatic carbocycles. The largest absolute Gasteiger partial charge is 0.479 e. The maximum Gasteiger partial charge on any atom is 0.336 e. The van der Waals surface area contributed by atoms with Gasteiger partial charge in [-0.05, 0) is 30.3 Å². The third-order valence-electron chi connectivity index (χ3n) is 2.77. The first-order valence-electron chi connectivity index (χ1n) is 5.93. The van der Waals surface area contributed by atoms with Crippen LogP contribution in [0.15, 0.2) is 48.5 Å². The minimum Gasteiger partial charge on any atom is -0.479 e. The minimum atomic E-state index is -1.13. The summed E-state index contributed by atoms with van der Waals surface area (Å²) in [5.74, 6) is -0.921. The summed E-state index contributed by atoms with van der Waals surface area (Å²) in [6.45, 7) is 0.0507. The summed E-state index contributed by atoms with van der Waals surface area (Å²) in [6, 6.07) is 12.5. The lowest BCUT2D eigenvalue weighted by molar-refractivity contribution is 0.0693. The third kappa shape index (κ3) is 2.84. The van der Waals surface area contributed by atoms with Crippen molar-refractivity contribution in [3.63, 3.8) is 0 Å². The average molecular weight is 271 g/mol. The van der Waals surface area contributed by atoms with Gasteiger partial charge in [0.2, 0.25) is 0 Å². The van der Waals surface area contributed by atoms with E-state index in [9.17, 15) is 9.59 Å². The number of ketones is 1. The van der Waals surface area contributed by atoms with Crippen molar-refractivity contribution in [3.8, 4) is 5.75 Å². The van der Waals surface area contributed by atoms with Crippen molar-refractivity contribution in [1.82, 2.24) is 0 Å². The van der Waals surface area contributed by atoms with E-state index in [1.54, 1.807) is 36.4 Å². The number of benzene rings is 2. The standard InChI is InChI=1S/C15H13NO4/c16-9-20-11-7-5-10(6-8-11)14(17)12-3-1-2-4-13(12)15(18)19/h1-8H,9,16H2,(H,18,19). The molecule has 3 N–H and O–H groups in total. The maximum absolute atomic E-state index is 12.3. The molecule has 5 heteroatoms. The Bertz CT molecular complexity index is 635. The lowest BCUT2D eigenvalue weighted by Crippen LogP contribution is -2.10. The monoisotopic (exact) mass is 271 g/mol. The topological polar surface area (TPSA) is 89.6 Å². The van der Waals surface area contributed by atoms with E-state index in [2.05, 4.69) is 0 Å². The zero-order chi connectivity index (χ0) is 14.5. The van der Waals surface area contributed by atoms with Crippen LogP contribution in [0, 0.1) is 0 Å². The summed E-state index contributed by atoms with van der Waals surface area (Å²) in [5, 5.41) is 9.09. The van der Waals surface area contributed by atoms with E-state index < -0.39 is 5.97 Å². The zero-order valence-electron chi connectivity index (χ0n) is 10.6. The molecule has 2 aromatic carbocycles. The Morgan fingerprint density at radius 2 is 1.60 bits per heavy atom. The number of carboxylic acids is 1. The van der Waals surface area contributed by atoms with E-state index in [0.717, 1.165) is 0 Å². The zero-order valence-corrected chi connectivity index (χ0v) is 10.6. The smallest absolute Gasteiger partial charge is 0.336 e. The van der Waals surface area contributed by atoms with Crippen LogP contribution in [0.2, 0.25) is 0 Å². The molecule has 0 amide bonds. The molecule has 5 nitrogen and oxygen atoms in total. The predicted octanol–water partition coefficient (Wildman–Crippen LogP) is 1.91. The second-order valence-electron chi connectivity index (χ2n) is 4.02. The molecule has 0 bridgehead atoms. The van der Waals surface area contributed by atoms with Crippen LogP contribution in [0.3, 0.4) is 0 Å². The number of carboxylic acid groups (broad SMARTS) is 1. The van der Waals surface area contributed by atoms with Crippen molar-refractivity contribution in [3.05, 3.63) is 65.2 Å². The van der Waals surface area contributed by atoms with E-state index in [0.29, 0.717) is 11.3 Å². The molecule has 0 aromatic heterocycles. The van der Waals surface area contributed by atoms with Gasteiger partial charge in [0.15, 0.2) is 5.78 Å². The van der Waals surface area contributed by atoms with Gasteiger partial charge >= 0.3 is 5.97 Å². The molecule has 0 saturated heterocycles. The van der Waals surface area contributed by atoms with Gasteiger partial charge in [-0.3, -0.25) is 10.5 Å². The van der Waals surface area contributed by atoms with Crippen molar-refractivity contribution in [2.45, 2.75) is 0 Å². The van der Waals surface area contributed by atoms with Crippen molar-refractivity contribution in [1.29, 1.82) is 0 Å². The molecule has 2 aromatic rings. The number of nitrogens with two attached hydrogens (primary N) is 1. The molecule has 0 radical (unpaired) electrons. The first kappa shape index (κ1) is 13.8. The van der Waals surface area contributed by atoms with Crippen LogP contribution in [0.4, 0.5) is 0 Å². The summed E-state index contributed by atoms with van der Waals surface area (Å²) >= 11 is 0. The molecule has 102 valence electrons. The third-order valence-corrected chi connectivity index (χ3v) is 2.77. The number of ether oxygens (including phenoxy) is 1. The Morgan fingerprint density at radius 1 is 1.00 bits per heavy atom. The fourth-order valence-electron chi connectivity index (χ4n) is 1.82. The van der Waals surface area contributed by atoms with Gasteiger partial charge in [-0.2, -0.15) is 0 Å². The van der Waals surface area contributed by atoms with E-state index >= 15 is 0 Å². The number of carbonyl (C=O) groups is 2. The lowest BCUT2D eigenvalue weighted by atomic mass is 9.98. The van der Waals surface area contributed by atoms with Crippen molar-refractivity contribution >= 4 is 11.8 Å². The Kier molecular flexibility index (Phi) is 4.12. The fraction of sp³-hybridized carbons (Fsp3) is 0.0667.